The van der Waals surface area contributed by atoms with Gasteiger partial charge >= 0.3 is 0 Å². The number of aryl methyl sites for hydroxylation is 2. The predicted octanol–water partition coefficient (Wildman–Crippen LogP) is 4.76. The lowest BCUT2D eigenvalue weighted by atomic mass is 10.1. The lowest BCUT2D eigenvalue weighted by molar-refractivity contribution is 0.102. The van der Waals surface area contributed by atoms with Gasteiger partial charge in [-0.25, -0.2) is 23.1 Å². The number of rotatable bonds is 5. The molecule has 5 nitrogen and oxygen atoms in total. The number of para-hydroxylation sites is 1. The van der Waals surface area contributed by atoms with Crippen LogP contribution in [-0.2, 0) is 6.42 Å². The molecule has 3 aromatic rings. The Labute approximate surface area is 159 Å². The number of benzene rings is 2. The second-order valence-corrected chi connectivity index (χ2v) is 6.03. The molecule has 0 aliphatic heterocycles. The Morgan fingerprint density at radius 2 is 1.86 bits per heavy atom. The highest BCUT2D eigenvalue weighted by Crippen LogP contribution is 2.24. The highest BCUT2D eigenvalue weighted by Gasteiger charge is 2.17. The largest absolute Gasteiger partial charge is 0.324 e. The third-order valence-corrected chi connectivity index (χ3v) is 4.15. The Kier molecular flexibility index (Phi) is 5.58. The van der Waals surface area contributed by atoms with Gasteiger partial charge in [-0.05, 0) is 42.7 Å². The first-order chi connectivity index (χ1) is 13.4. The number of amides is 1. The molecule has 1 heterocycles. The topological polar surface area (TPSA) is 66.9 Å². The number of hydrogen-bond acceptors (Lipinski definition) is 4. The van der Waals surface area contributed by atoms with Crippen LogP contribution in [0.3, 0.4) is 0 Å². The number of anilines is 3. The number of nitrogens with one attached hydrogen (secondary N) is 2. The van der Waals surface area contributed by atoms with Crippen LogP contribution in [0.15, 0.2) is 42.6 Å². The van der Waals surface area contributed by atoms with Gasteiger partial charge in [-0.1, -0.05) is 25.1 Å². The number of hydrogen-bond donors (Lipinski definition) is 2. The van der Waals surface area contributed by atoms with Gasteiger partial charge in [0.2, 0.25) is 5.95 Å². The van der Waals surface area contributed by atoms with Crippen LogP contribution in [0.25, 0.3) is 0 Å². The van der Waals surface area contributed by atoms with E-state index in [0.717, 1.165) is 35.4 Å². The van der Waals surface area contributed by atoms with Crippen LogP contribution < -0.4 is 10.6 Å². The number of carbonyl (C=O) groups is 1. The number of carbonyl (C=O) groups excluding carboxylic acids is 1. The van der Waals surface area contributed by atoms with E-state index in [4.69, 9.17) is 0 Å². The lowest BCUT2D eigenvalue weighted by Gasteiger charge is -2.13. The Morgan fingerprint density at radius 1 is 1.07 bits per heavy atom. The van der Waals surface area contributed by atoms with E-state index in [1.54, 1.807) is 0 Å². The summed E-state index contributed by atoms with van der Waals surface area (Å²) in [6.45, 7) is 3.95. The average Bonchev–Trinajstić information content (AvgIpc) is 2.70. The first-order valence-corrected chi connectivity index (χ1v) is 8.54. The molecule has 1 aromatic heterocycles. The van der Waals surface area contributed by atoms with Gasteiger partial charge in [0.25, 0.3) is 5.91 Å². The Bertz CT molecular complexity index is 1040. The molecule has 0 saturated heterocycles. The fourth-order valence-electron chi connectivity index (χ4n) is 2.67. The summed E-state index contributed by atoms with van der Waals surface area (Å²) in [6.07, 6.45) is 2.16. The Hall–Kier alpha value is -3.42. The average molecular weight is 386 g/mol. The molecule has 0 unspecified atom stereocenters. The van der Waals surface area contributed by atoms with Crippen molar-refractivity contribution in [1.82, 2.24) is 9.97 Å². The molecule has 0 bridgehead atoms. The van der Waals surface area contributed by atoms with Gasteiger partial charge in [0.05, 0.1) is 5.69 Å². The van der Waals surface area contributed by atoms with Gasteiger partial charge in [-0.3, -0.25) is 4.79 Å². The number of halogens is 3. The van der Waals surface area contributed by atoms with E-state index in [2.05, 4.69) is 20.6 Å². The van der Waals surface area contributed by atoms with Crippen LogP contribution in [0.4, 0.5) is 30.5 Å². The Morgan fingerprint density at radius 3 is 2.61 bits per heavy atom. The van der Waals surface area contributed by atoms with Gasteiger partial charge in [0.1, 0.15) is 5.69 Å². The van der Waals surface area contributed by atoms with Crippen molar-refractivity contribution in [3.8, 4) is 0 Å². The molecule has 3 rings (SSSR count). The highest BCUT2D eigenvalue weighted by atomic mass is 19.2. The zero-order valence-corrected chi connectivity index (χ0v) is 15.2. The smallest absolute Gasteiger partial charge is 0.274 e. The molecule has 2 N–H and O–H groups in total. The molecular weight excluding hydrogens is 369 g/mol. The standard InChI is InChI=1S/C20H17F3N4O/c1-3-12-6-4-5-11(2)18(12)27-20-24-10-9-15(26-20)19(28)25-14-8-7-13(21)16(22)17(14)23/h4-10H,3H2,1-2H3,(H,25,28)(H,24,26,27). The quantitative estimate of drug-likeness (QED) is 0.621. The van der Waals surface area contributed by atoms with Crippen molar-refractivity contribution in [2.24, 2.45) is 0 Å². The summed E-state index contributed by atoms with van der Waals surface area (Å²) >= 11 is 0. The molecule has 0 aliphatic rings. The summed E-state index contributed by atoms with van der Waals surface area (Å²) in [5.74, 6) is -5.07. The maximum absolute atomic E-state index is 13.8. The first kappa shape index (κ1) is 19.3. The molecule has 1 amide bonds. The molecule has 0 spiro atoms. The molecule has 8 heteroatoms. The van der Waals surface area contributed by atoms with Gasteiger partial charge in [-0.2, -0.15) is 0 Å². The van der Waals surface area contributed by atoms with E-state index >= 15 is 0 Å². The van der Waals surface area contributed by atoms with Crippen LogP contribution in [0.5, 0.6) is 0 Å². The fourth-order valence-corrected chi connectivity index (χ4v) is 2.67. The summed E-state index contributed by atoms with van der Waals surface area (Å²) in [6, 6.07) is 8.84. The summed E-state index contributed by atoms with van der Waals surface area (Å²) in [7, 11) is 0. The highest BCUT2D eigenvalue weighted by molar-refractivity contribution is 6.03. The molecule has 2 aromatic carbocycles. The molecule has 28 heavy (non-hydrogen) atoms. The van der Waals surface area contributed by atoms with Gasteiger partial charge in [0, 0.05) is 11.9 Å². The summed E-state index contributed by atoms with van der Waals surface area (Å²) in [5.41, 5.74) is 2.34. The van der Waals surface area contributed by atoms with Gasteiger partial charge in [0.15, 0.2) is 17.5 Å². The molecule has 0 saturated carbocycles. The maximum atomic E-state index is 13.8. The van der Waals surface area contributed by atoms with Crippen LogP contribution in [0.2, 0.25) is 0 Å². The van der Waals surface area contributed by atoms with Crippen molar-refractivity contribution in [3.63, 3.8) is 0 Å². The molecule has 0 atom stereocenters. The third-order valence-electron chi connectivity index (χ3n) is 4.15. The monoisotopic (exact) mass is 386 g/mol. The van der Waals surface area contributed by atoms with E-state index in [1.807, 2.05) is 32.0 Å². The number of aromatic nitrogens is 2. The van der Waals surface area contributed by atoms with E-state index in [9.17, 15) is 18.0 Å². The van der Waals surface area contributed by atoms with Crippen molar-refractivity contribution in [3.05, 3.63) is 76.9 Å². The van der Waals surface area contributed by atoms with Crippen molar-refractivity contribution in [1.29, 1.82) is 0 Å². The van der Waals surface area contributed by atoms with E-state index in [0.29, 0.717) is 0 Å². The minimum Gasteiger partial charge on any atom is -0.324 e. The van der Waals surface area contributed by atoms with Crippen molar-refractivity contribution in [2.75, 3.05) is 10.6 Å². The normalized spacial score (nSPS) is 10.6. The molecule has 0 fully saturated rings. The van der Waals surface area contributed by atoms with Crippen LogP contribution in [0.1, 0.15) is 28.5 Å². The minimum absolute atomic E-state index is 0.0618. The van der Waals surface area contributed by atoms with Crippen LogP contribution in [-0.4, -0.2) is 15.9 Å². The zero-order valence-electron chi connectivity index (χ0n) is 15.2. The van der Waals surface area contributed by atoms with Crippen molar-refractivity contribution in [2.45, 2.75) is 20.3 Å². The summed E-state index contributed by atoms with van der Waals surface area (Å²) < 4.78 is 40.1. The van der Waals surface area contributed by atoms with E-state index in [1.165, 1.54) is 12.3 Å². The molecule has 144 valence electrons. The van der Waals surface area contributed by atoms with Gasteiger partial charge in [-0.15, -0.1) is 0 Å². The SMILES string of the molecule is CCc1cccc(C)c1Nc1nccc(C(=O)Nc2ccc(F)c(F)c2F)n1. The second kappa shape index (κ2) is 8.08. The van der Waals surface area contributed by atoms with Crippen LogP contribution in [0, 0.1) is 24.4 Å². The fraction of sp³-hybridized carbons (Fsp3) is 0.150. The minimum atomic E-state index is -1.66. The first-order valence-electron chi connectivity index (χ1n) is 8.54. The third kappa shape index (κ3) is 3.95. The van der Waals surface area contributed by atoms with Gasteiger partial charge < -0.3 is 10.6 Å². The Balaban J connectivity index is 1.84. The van der Waals surface area contributed by atoms with E-state index in [-0.39, 0.29) is 11.6 Å². The molecule has 0 radical (unpaired) electrons. The second-order valence-electron chi connectivity index (χ2n) is 6.03. The maximum Gasteiger partial charge on any atom is 0.274 e. The van der Waals surface area contributed by atoms with Crippen molar-refractivity contribution >= 4 is 23.2 Å². The summed E-state index contributed by atoms with van der Waals surface area (Å²) in [4.78, 5) is 20.6. The number of nitrogens with zero attached hydrogens (tertiary/aromatic N) is 2. The molecule has 0 aliphatic carbocycles. The van der Waals surface area contributed by atoms with E-state index < -0.39 is 29.0 Å². The lowest BCUT2D eigenvalue weighted by Crippen LogP contribution is -2.16. The predicted molar refractivity (Wildman–Crippen MR) is 100 cm³/mol. The molecular formula is C20H17F3N4O. The summed E-state index contributed by atoms with van der Waals surface area (Å²) in [5, 5.41) is 5.27. The van der Waals surface area contributed by atoms with Crippen molar-refractivity contribution < 1.29 is 18.0 Å². The zero-order chi connectivity index (χ0) is 20.3. The van der Waals surface area contributed by atoms with Crippen LogP contribution >= 0.6 is 0 Å².